The van der Waals surface area contributed by atoms with Crippen LogP contribution in [0.15, 0.2) is 23.5 Å². The first kappa shape index (κ1) is 8.52. The molecule has 0 aliphatic heterocycles. The van der Waals surface area contributed by atoms with Crippen molar-refractivity contribution in [2.24, 2.45) is 5.16 Å². The number of nitrogens with zero attached hydrogens (tertiary/aromatic N) is 2. The summed E-state index contributed by atoms with van der Waals surface area (Å²) in [6.07, 6.45) is 1.59. The number of aromatic hydroxyl groups is 1. The first-order valence-corrected chi connectivity index (χ1v) is 3.48. The first-order valence-electron chi connectivity index (χ1n) is 3.48. The molecule has 4 nitrogen and oxygen atoms in total. The Balaban J connectivity index is 3.02. The molecule has 0 aliphatic carbocycles. The van der Waals surface area contributed by atoms with Gasteiger partial charge in [0.1, 0.15) is 24.3 Å². The molecule has 1 heterocycles. The molecule has 1 aromatic heterocycles. The van der Waals surface area contributed by atoms with Crippen LogP contribution >= 0.6 is 0 Å². The fourth-order valence-electron chi connectivity index (χ4n) is 0.856. The van der Waals surface area contributed by atoms with E-state index in [4.69, 9.17) is 0 Å². The molecule has 0 atom stereocenters. The monoisotopic (exact) mass is 166 g/mol. The van der Waals surface area contributed by atoms with E-state index in [2.05, 4.69) is 15.0 Å². The lowest BCUT2D eigenvalue weighted by Crippen LogP contribution is -1.98. The molecule has 0 saturated heterocycles. The number of hydrogen-bond donors (Lipinski definition) is 1. The van der Waals surface area contributed by atoms with Crippen molar-refractivity contribution in [1.29, 1.82) is 0 Å². The lowest BCUT2D eigenvalue weighted by molar-refractivity contribution is 0.213. The molecule has 1 N–H and O–H groups in total. The Morgan fingerprint density at radius 1 is 1.67 bits per heavy atom. The highest BCUT2D eigenvalue weighted by Gasteiger charge is 2.04. The Morgan fingerprint density at radius 2 is 2.42 bits per heavy atom. The Labute approximate surface area is 70.5 Å². The van der Waals surface area contributed by atoms with Crippen LogP contribution in [-0.4, -0.2) is 22.9 Å². The van der Waals surface area contributed by atoms with Crippen LogP contribution in [0.2, 0.25) is 0 Å². The van der Waals surface area contributed by atoms with Crippen LogP contribution in [0.3, 0.4) is 0 Å². The molecular formula is C8H10N2O2. The number of rotatable bonds is 2. The second kappa shape index (κ2) is 3.71. The quantitative estimate of drug-likeness (QED) is 0.529. The van der Waals surface area contributed by atoms with Crippen LogP contribution in [0, 0.1) is 0 Å². The molecule has 0 saturated carbocycles. The molecule has 4 heteroatoms. The van der Waals surface area contributed by atoms with Gasteiger partial charge in [0, 0.05) is 6.20 Å². The molecule has 0 aromatic carbocycles. The van der Waals surface area contributed by atoms with E-state index >= 15 is 0 Å². The Bertz CT molecular complexity index is 297. The summed E-state index contributed by atoms with van der Waals surface area (Å²) in [6.45, 7) is 1.71. The number of oxime groups is 1. The highest BCUT2D eigenvalue weighted by atomic mass is 16.6. The summed E-state index contributed by atoms with van der Waals surface area (Å²) in [5.41, 5.74) is 0.995. The van der Waals surface area contributed by atoms with Crippen molar-refractivity contribution in [3.05, 3.63) is 24.0 Å². The zero-order valence-corrected chi connectivity index (χ0v) is 6.98. The molecule has 0 fully saturated rings. The van der Waals surface area contributed by atoms with Crippen molar-refractivity contribution in [1.82, 2.24) is 4.98 Å². The average Bonchev–Trinajstić information content (AvgIpc) is 2.05. The zero-order valence-electron chi connectivity index (χ0n) is 6.98. The molecule has 12 heavy (non-hydrogen) atoms. The summed E-state index contributed by atoms with van der Waals surface area (Å²) in [5.74, 6) is 0.107. The van der Waals surface area contributed by atoms with Gasteiger partial charge in [-0.3, -0.25) is 4.98 Å². The number of aromatic nitrogens is 1. The van der Waals surface area contributed by atoms with Crippen LogP contribution in [-0.2, 0) is 4.84 Å². The van der Waals surface area contributed by atoms with Crippen molar-refractivity contribution < 1.29 is 9.94 Å². The third kappa shape index (κ3) is 1.72. The molecule has 0 radical (unpaired) electrons. The third-order valence-corrected chi connectivity index (χ3v) is 1.36. The van der Waals surface area contributed by atoms with Gasteiger partial charge in [-0.1, -0.05) is 5.16 Å². The van der Waals surface area contributed by atoms with Crippen LogP contribution < -0.4 is 0 Å². The van der Waals surface area contributed by atoms with Crippen LogP contribution in [0.1, 0.15) is 12.6 Å². The summed E-state index contributed by atoms with van der Waals surface area (Å²) < 4.78 is 0. The second-order valence-electron chi connectivity index (χ2n) is 2.23. The van der Waals surface area contributed by atoms with Crippen LogP contribution in [0.5, 0.6) is 5.75 Å². The Hall–Kier alpha value is -1.58. The van der Waals surface area contributed by atoms with Crippen molar-refractivity contribution >= 4 is 5.71 Å². The fourth-order valence-corrected chi connectivity index (χ4v) is 0.856. The second-order valence-corrected chi connectivity index (χ2v) is 2.23. The highest BCUT2D eigenvalue weighted by Crippen LogP contribution is 2.13. The predicted octanol–water partition coefficient (Wildman–Crippen LogP) is 1.16. The van der Waals surface area contributed by atoms with E-state index < -0.39 is 0 Å². The molecule has 1 aromatic rings. The van der Waals surface area contributed by atoms with E-state index in [1.54, 1.807) is 25.3 Å². The number of pyridine rings is 1. The van der Waals surface area contributed by atoms with E-state index in [9.17, 15) is 5.11 Å². The molecule has 1 rings (SSSR count). The van der Waals surface area contributed by atoms with E-state index in [1.807, 2.05) is 0 Å². The van der Waals surface area contributed by atoms with Gasteiger partial charge < -0.3 is 9.94 Å². The molecular weight excluding hydrogens is 156 g/mol. The predicted molar refractivity (Wildman–Crippen MR) is 45.1 cm³/mol. The SMILES string of the molecule is CON=C(C)c1ncccc1O. The minimum absolute atomic E-state index is 0.107. The number of hydrogen-bond acceptors (Lipinski definition) is 4. The lowest BCUT2D eigenvalue weighted by Gasteiger charge is -2.00. The molecule has 0 spiro atoms. The fraction of sp³-hybridized carbons (Fsp3) is 0.250. The summed E-state index contributed by atoms with van der Waals surface area (Å²) in [5, 5.41) is 13.0. The van der Waals surface area contributed by atoms with Crippen molar-refractivity contribution in [3.8, 4) is 5.75 Å². The highest BCUT2D eigenvalue weighted by molar-refractivity contribution is 5.98. The van der Waals surface area contributed by atoms with Gasteiger partial charge in [0.2, 0.25) is 0 Å². The smallest absolute Gasteiger partial charge is 0.143 e. The van der Waals surface area contributed by atoms with Gasteiger partial charge in [-0.05, 0) is 19.1 Å². The molecule has 64 valence electrons. The normalized spacial score (nSPS) is 11.3. The Kier molecular flexibility index (Phi) is 2.63. The first-order chi connectivity index (χ1) is 5.75. The van der Waals surface area contributed by atoms with Crippen LogP contribution in [0.25, 0.3) is 0 Å². The summed E-state index contributed by atoms with van der Waals surface area (Å²) >= 11 is 0. The molecule has 0 bridgehead atoms. The van der Waals surface area contributed by atoms with Gasteiger partial charge in [0.05, 0.1) is 0 Å². The maximum absolute atomic E-state index is 9.31. The lowest BCUT2D eigenvalue weighted by atomic mass is 10.2. The molecule has 0 amide bonds. The van der Waals surface area contributed by atoms with Crippen LogP contribution in [0.4, 0.5) is 0 Å². The zero-order chi connectivity index (χ0) is 8.97. The van der Waals surface area contributed by atoms with Gasteiger partial charge in [0.25, 0.3) is 0 Å². The third-order valence-electron chi connectivity index (χ3n) is 1.36. The standard InChI is InChI=1S/C8H10N2O2/c1-6(10-12-2)8-7(11)4-3-5-9-8/h3-5,11H,1-2H3. The average molecular weight is 166 g/mol. The van der Waals surface area contributed by atoms with Crippen molar-refractivity contribution in [2.75, 3.05) is 7.11 Å². The van der Waals surface area contributed by atoms with Gasteiger partial charge in [0.15, 0.2) is 0 Å². The maximum atomic E-state index is 9.31. The van der Waals surface area contributed by atoms with E-state index in [0.29, 0.717) is 11.4 Å². The topological polar surface area (TPSA) is 54.7 Å². The summed E-state index contributed by atoms with van der Waals surface area (Å²) in [7, 11) is 1.45. The molecule has 0 unspecified atom stereocenters. The van der Waals surface area contributed by atoms with E-state index in [0.717, 1.165) is 0 Å². The largest absolute Gasteiger partial charge is 0.506 e. The van der Waals surface area contributed by atoms with Crippen molar-refractivity contribution in [3.63, 3.8) is 0 Å². The van der Waals surface area contributed by atoms with E-state index in [-0.39, 0.29) is 5.75 Å². The van der Waals surface area contributed by atoms with E-state index in [1.165, 1.54) is 7.11 Å². The minimum atomic E-state index is 0.107. The van der Waals surface area contributed by atoms with Gasteiger partial charge in [-0.2, -0.15) is 0 Å². The Morgan fingerprint density at radius 3 is 3.00 bits per heavy atom. The van der Waals surface area contributed by atoms with Crippen molar-refractivity contribution in [2.45, 2.75) is 6.92 Å². The maximum Gasteiger partial charge on any atom is 0.143 e. The minimum Gasteiger partial charge on any atom is -0.506 e. The summed E-state index contributed by atoms with van der Waals surface area (Å²) in [6, 6.07) is 3.20. The van der Waals surface area contributed by atoms with Gasteiger partial charge in [-0.15, -0.1) is 0 Å². The summed E-state index contributed by atoms with van der Waals surface area (Å²) in [4.78, 5) is 8.49. The van der Waals surface area contributed by atoms with Gasteiger partial charge in [-0.25, -0.2) is 0 Å². The van der Waals surface area contributed by atoms with Gasteiger partial charge >= 0.3 is 0 Å². The molecule has 0 aliphatic rings.